The van der Waals surface area contributed by atoms with Crippen LogP contribution < -0.4 is 5.56 Å². The summed E-state index contributed by atoms with van der Waals surface area (Å²) in [6.45, 7) is 3.28. The van der Waals surface area contributed by atoms with Crippen LogP contribution in [0, 0.1) is 5.92 Å². The maximum absolute atomic E-state index is 12.7. The maximum Gasteiger partial charge on any atom is 0.290 e. The summed E-state index contributed by atoms with van der Waals surface area (Å²) in [6, 6.07) is 5.74. The van der Waals surface area contributed by atoms with E-state index in [1.54, 1.807) is 18.5 Å². The lowest BCUT2D eigenvalue weighted by atomic mass is 9.77. The highest BCUT2D eigenvalue weighted by atomic mass is 16.3. The smallest absolute Gasteiger partial charge is 0.290 e. The van der Waals surface area contributed by atoms with Crippen LogP contribution in [0.15, 0.2) is 35.4 Å². The number of carbonyl (C=O) groups excluding carboxylic acids is 1. The molecule has 2 N–H and O–H groups in total. The first kappa shape index (κ1) is 18.9. The normalized spacial score (nSPS) is 23.0. The zero-order valence-corrected chi connectivity index (χ0v) is 15.2. The number of nitrogens with one attached hydrogen (secondary N) is 1. The molecule has 0 unspecified atom stereocenters. The van der Waals surface area contributed by atoms with Gasteiger partial charge in [0.25, 0.3) is 17.9 Å². The number of hydrogen-bond acceptors (Lipinski definition) is 4. The molecule has 2 bridgehead atoms. The van der Waals surface area contributed by atoms with Crippen molar-refractivity contribution in [1.29, 1.82) is 0 Å². The molecular weight excluding hydrogens is 348 g/mol. The van der Waals surface area contributed by atoms with E-state index < -0.39 is 0 Å². The second kappa shape index (κ2) is 8.20. The number of pyridine rings is 1. The second-order valence-corrected chi connectivity index (χ2v) is 7.01. The Kier molecular flexibility index (Phi) is 5.73. The van der Waals surface area contributed by atoms with Gasteiger partial charge >= 0.3 is 0 Å². The van der Waals surface area contributed by atoms with Crippen molar-refractivity contribution >= 4 is 12.4 Å². The Hall–Kier alpha value is -2.90. The number of piperidine rings is 1. The fourth-order valence-corrected chi connectivity index (χ4v) is 4.42. The van der Waals surface area contributed by atoms with Crippen molar-refractivity contribution in [3.05, 3.63) is 52.2 Å². The van der Waals surface area contributed by atoms with Crippen molar-refractivity contribution in [2.45, 2.75) is 38.1 Å². The zero-order chi connectivity index (χ0) is 19.4. The summed E-state index contributed by atoms with van der Waals surface area (Å²) in [5.74, 6) is 0.606. The van der Waals surface area contributed by atoms with E-state index in [4.69, 9.17) is 9.90 Å². The van der Waals surface area contributed by atoms with Crippen LogP contribution >= 0.6 is 0 Å². The summed E-state index contributed by atoms with van der Waals surface area (Å²) in [7, 11) is 0. The monoisotopic (exact) mass is 372 g/mol. The van der Waals surface area contributed by atoms with E-state index in [2.05, 4.69) is 23.2 Å². The summed E-state index contributed by atoms with van der Waals surface area (Å²) in [5.41, 5.74) is 1.78. The number of carboxylic acid groups (broad SMARTS) is 1. The molecule has 4 rings (SSSR count). The van der Waals surface area contributed by atoms with Gasteiger partial charge in [-0.2, -0.15) is 5.10 Å². The van der Waals surface area contributed by atoms with Crippen molar-refractivity contribution in [1.82, 2.24) is 19.7 Å². The maximum atomic E-state index is 12.7. The topological polar surface area (TPSA) is 108 Å². The third-order valence-electron chi connectivity index (χ3n) is 5.42. The number of hydrogen-bond donors (Lipinski definition) is 2. The molecule has 1 amide bonds. The molecule has 0 aliphatic carbocycles. The molecule has 0 radical (unpaired) electrons. The van der Waals surface area contributed by atoms with Gasteiger partial charge in [-0.05, 0) is 24.8 Å². The highest BCUT2D eigenvalue weighted by Crippen LogP contribution is 2.42. The lowest BCUT2D eigenvalue weighted by molar-refractivity contribution is -0.122. The highest BCUT2D eigenvalue weighted by Gasteiger charge is 2.41. The first-order valence-corrected chi connectivity index (χ1v) is 9.18. The summed E-state index contributed by atoms with van der Waals surface area (Å²) in [4.78, 5) is 35.5. The van der Waals surface area contributed by atoms with E-state index in [9.17, 15) is 9.59 Å². The second-order valence-electron chi connectivity index (χ2n) is 7.01. The van der Waals surface area contributed by atoms with Crippen molar-refractivity contribution in [3.63, 3.8) is 0 Å². The average molecular weight is 372 g/mol. The third-order valence-corrected chi connectivity index (χ3v) is 5.42. The van der Waals surface area contributed by atoms with E-state index >= 15 is 0 Å². The van der Waals surface area contributed by atoms with Crippen LogP contribution in [0.1, 0.15) is 54.2 Å². The van der Waals surface area contributed by atoms with E-state index in [0.29, 0.717) is 24.6 Å². The largest absolute Gasteiger partial charge is 0.483 e. The number of likely N-dealkylation sites (tertiary alicyclic amines) is 1. The van der Waals surface area contributed by atoms with E-state index in [-0.39, 0.29) is 29.9 Å². The van der Waals surface area contributed by atoms with Gasteiger partial charge in [0.05, 0.1) is 11.8 Å². The first-order chi connectivity index (χ1) is 13.1. The molecule has 1 saturated heterocycles. The van der Waals surface area contributed by atoms with Gasteiger partial charge in [0.2, 0.25) is 0 Å². The number of aromatic nitrogens is 3. The van der Waals surface area contributed by atoms with Gasteiger partial charge in [0.15, 0.2) is 0 Å². The van der Waals surface area contributed by atoms with Gasteiger partial charge in [-0.15, -0.1) is 0 Å². The Balaban J connectivity index is 0.000000659. The molecule has 0 saturated carbocycles. The molecular formula is C19H24N4O4. The Morgan fingerprint density at radius 3 is 2.85 bits per heavy atom. The molecule has 144 valence electrons. The minimum absolute atomic E-state index is 0.0282. The Morgan fingerprint density at radius 2 is 2.19 bits per heavy atom. The van der Waals surface area contributed by atoms with Crippen molar-refractivity contribution in [2.24, 2.45) is 5.92 Å². The highest BCUT2D eigenvalue weighted by molar-refractivity contribution is 5.93. The van der Waals surface area contributed by atoms with E-state index in [1.807, 2.05) is 15.5 Å². The predicted molar refractivity (Wildman–Crippen MR) is 98.7 cm³/mol. The minimum Gasteiger partial charge on any atom is -0.483 e. The van der Waals surface area contributed by atoms with Gasteiger partial charge in [-0.1, -0.05) is 19.4 Å². The molecule has 0 aromatic carbocycles. The minimum atomic E-state index is -0.250. The molecule has 3 atom stereocenters. The van der Waals surface area contributed by atoms with Crippen LogP contribution in [0.3, 0.4) is 0 Å². The standard InChI is InChI=1S/C18H22N4O2.CH2O2/c1-2-4-15-12-7-13(16-5-3-6-17(23)22(15)16)11-21(10-12)18(24)14-8-19-20-9-14;2-1-3/h3,5-6,8-9,12-13,15H,2,4,7,10-11H2,1H3,(H,19,20);1H,(H,2,3)/t12-,13+,15-;/m0./s1. The summed E-state index contributed by atoms with van der Waals surface area (Å²) < 4.78 is 2.00. The Morgan fingerprint density at radius 1 is 1.41 bits per heavy atom. The lowest BCUT2D eigenvalue weighted by Crippen LogP contribution is -2.51. The van der Waals surface area contributed by atoms with Crippen molar-refractivity contribution in [3.8, 4) is 0 Å². The van der Waals surface area contributed by atoms with E-state index in [0.717, 1.165) is 25.0 Å². The quantitative estimate of drug-likeness (QED) is 0.800. The number of amides is 1. The molecule has 2 aromatic heterocycles. The van der Waals surface area contributed by atoms with Crippen LogP contribution in [0.5, 0.6) is 0 Å². The molecule has 2 aromatic rings. The summed E-state index contributed by atoms with van der Waals surface area (Å²) >= 11 is 0. The predicted octanol–water partition coefficient (Wildman–Crippen LogP) is 1.87. The zero-order valence-electron chi connectivity index (χ0n) is 15.2. The first-order valence-electron chi connectivity index (χ1n) is 9.18. The Bertz CT molecular complexity index is 846. The number of rotatable bonds is 3. The molecule has 8 nitrogen and oxygen atoms in total. The molecule has 4 heterocycles. The van der Waals surface area contributed by atoms with Gasteiger partial charge < -0.3 is 14.6 Å². The average Bonchev–Trinajstić information content (AvgIpc) is 3.20. The lowest BCUT2D eigenvalue weighted by Gasteiger charge is -2.47. The van der Waals surface area contributed by atoms with Crippen LogP contribution in [-0.2, 0) is 4.79 Å². The van der Waals surface area contributed by atoms with Crippen LogP contribution in [0.25, 0.3) is 0 Å². The van der Waals surface area contributed by atoms with Crippen LogP contribution in [0.2, 0.25) is 0 Å². The van der Waals surface area contributed by atoms with Crippen LogP contribution in [-0.4, -0.2) is 50.2 Å². The molecule has 2 aliphatic rings. The summed E-state index contributed by atoms with van der Waals surface area (Å²) in [6.07, 6.45) is 6.29. The van der Waals surface area contributed by atoms with Gasteiger partial charge in [0, 0.05) is 43.0 Å². The fourth-order valence-electron chi connectivity index (χ4n) is 4.42. The number of aromatic amines is 1. The summed E-state index contributed by atoms with van der Waals surface area (Å²) in [5, 5.41) is 13.5. The molecule has 27 heavy (non-hydrogen) atoms. The number of H-pyrrole nitrogens is 1. The van der Waals surface area contributed by atoms with Gasteiger partial charge in [-0.25, -0.2) is 0 Å². The molecule has 8 heteroatoms. The number of fused-ring (bicyclic) bond motifs is 4. The van der Waals surface area contributed by atoms with Crippen molar-refractivity contribution in [2.75, 3.05) is 13.1 Å². The SMILES string of the molecule is CCC[C@H]1[C@H]2C[C@H](CN(C(=O)c3cn[nH]c3)C2)c2cccc(=O)n21.O=CO. The number of carbonyl (C=O) groups is 2. The molecule has 1 fully saturated rings. The number of nitrogens with zero attached hydrogens (tertiary/aromatic N) is 3. The van der Waals surface area contributed by atoms with E-state index in [1.165, 1.54) is 0 Å². The fraction of sp³-hybridized carbons (Fsp3) is 0.474. The molecule has 0 spiro atoms. The van der Waals surface area contributed by atoms with Gasteiger partial charge in [0.1, 0.15) is 0 Å². The van der Waals surface area contributed by atoms with Gasteiger partial charge in [-0.3, -0.25) is 19.5 Å². The Labute approximate surface area is 156 Å². The van der Waals surface area contributed by atoms with Crippen molar-refractivity contribution < 1.29 is 14.7 Å². The third kappa shape index (κ3) is 3.65. The van der Waals surface area contributed by atoms with Crippen LogP contribution in [0.4, 0.5) is 0 Å². The molecule has 2 aliphatic heterocycles.